The van der Waals surface area contributed by atoms with Gasteiger partial charge in [0, 0.05) is 10.8 Å². The van der Waals surface area contributed by atoms with E-state index in [1.165, 1.54) is 16.7 Å². The number of nitrogens with one attached hydrogen (secondary N) is 1. The predicted octanol–water partition coefficient (Wildman–Crippen LogP) is 3.63. The van der Waals surface area contributed by atoms with E-state index in [1.807, 2.05) is 37.3 Å². The molecule has 5 rings (SSSR count). The summed E-state index contributed by atoms with van der Waals surface area (Å²) in [5.74, 6) is -0.690. The number of aromatic amines is 1. The normalized spacial score (nSPS) is 22.7. The number of carbonyl (C=O) groups is 2. The molecule has 2 aliphatic heterocycles. The van der Waals surface area contributed by atoms with Gasteiger partial charge in [-0.05, 0) is 36.8 Å². The van der Waals surface area contributed by atoms with Crippen LogP contribution in [0.5, 0.6) is 5.75 Å². The van der Waals surface area contributed by atoms with Crippen molar-refractivity contribution in [2.45, 2.75) is 23.1 Å². The maximum atomic E-state index is 13.5. The van der Waals surface area contributed by atoms with Crippen LogP contribution < -0.4 is 14.5 Å². The van der Waals surface area contributed by atoms with Crippen molar-refractivity contribution in [1.82, 2.24) is 4.98 Å². The van der Waals surface area contributed by atoms with Crippen molar-refractivity contribution in [3.05, 3.63) is 74.7 Å². The number of rotatable bonds is 4. The van der Waals surface area contributed by atoms with Crippen molar-refractivity contribution < 1.29 is 14.3 Å². The Hall–Kier alpha value is -2.84. The van der Waals surface area contributed by atoms with Gasteiger partial charge in [0.05, 0.1) is 23.2 Å². The summed E-state index contributed by atoms with van der Waals surface area (Å²) in [5.41, 5.74) is 1.46. The van der Waals surface area contributed by atoms with Gasteiger partial charge in [-0.15, -0.1) is 0 Å². The first-order valence-corrected chi connectivity index (χ1v) is 11.3. The molecule has 0 saturated carbocycles. The van der Waals surface area contributed by atoms with Gasteiger partial charge in [0.2, 0.25) is 11.8 Å². The van der Waals surface area contributed by atoms with Gasteiger partial charge >= 0.3 is 4.87 Å². The molecule has 6 nitrogen and oxygen atoms in total. The topological polar surface area (TPSA) is 79.5 Å². The van der Waals surface area contributed by atoms with Crippen molar-refractivity contribution in [2.75, 3.05) is 11.5 Å². The maximum Gasteiger partial charge on any atom is 0.305 e. The van der Waals surface area contributed by atoms with Crippen LogP contribution in [0.25, 0.3) is 0 Å². The summed E-state index contributed by atoms with van der Waals surface area (Å²) in [4.78, 5) is 43.7. The Bertz CT molecular complexity index is 1170. The molecule has 3 heterocycles. The van der Waals surface area contributed by atoms with E-state index >= 15 is 0 Å². The summed E-state index contributed by atoms with van der Waals surface area (Å²) in [6, 6.07) is 16.6. The Morgan fingerprint density at radius 3 is 2.43 bits per heavy atom. The molecule has 30 heavy (non-hydrogen) atoms. The number of thiazole rings is 1. The number of amides is 2. The number of anilines is 1. The first kappa shape index (κ1) is 19.1. The molecule has 0 aliphatic carbocycles. The molecule has 152 valence electrons. The lowest BCUT2D eigenvalue weighted by Gasteiger charge is -2.29. The molecular formula is C22H18N2O4S2. The SMILES string of the molecule is CCOc1ccc(N2C(=O)[C@H]3[C@H](c4ccccc4)c4sc(=O)[nH]c4S[C@H]3C2=O)cc1. The third kappa shape index (κ3) is 2.98. The average Bonchev–Trinajstić information content (AvgIpc) is 3.24. The third-order valence-electron chi connectivity index (χ3n) is 5.39. The Morgan fingerprint density at radius 1 is 1.00 bits per heavy atom. The van der Waals surface area contributed by atoms with Crippen molar-refractivity contribution in [1.29, 1.82) is 0 Å². The van der Waals surface area contributed by atoms with Crippen LogP contribution in [0.4, 0.5) is 5.69 Å². The first-order valence-electron chi connectivity index (χ1n) is 9.63. The maximum absolute atomic E-state index is 13.5. The van der Waals surface area contributed by atoms with Gasteiger partial charge < -0.3 is 9.72 Å². The summed E-state index contributed by atoms with van der Waals surface area (Å²) >= 11 is 2.41. The second-order valence-electron chi connectivity index (χ2n) is 7.10. The molecule has 0 radical (unpaired) electrons. The Morgan fingerprint density at radius 2 is 1.73 bits per heavy atom. The van der Waals surface area contributed by atoms with Gasteiger partial charge in [0.25, 0.3) is 0 Å². The number of hydrogen-bond acceptors (Lipinski definition) is 6. The molecule has 1 fully saturated rings. The van der Waals surface area contributed by atoms with Crippen LogP contribution in [0.3, 0.4) is 0 Å². The van der Waals surface area contributed by atoms with Crippen LogP contribution >= 0.6 is 23.1 Å². The molecule has 2 aromatic carbocycles. The number of benzene rings is 2. The van der Waals surface area contributed by atoms with Gasteiger partial charge in [0.15, 0.2) is 0 Å². The predicted molar refractivity (Wildman–Crippen MR) is 116 cm³/mol. The van der Waals surface area contributed by atoms with Crippen molar-refractivity contribution in [3.8, 4) is 5.75 Å². The minimum atomic E-state index is -0.577. The zero-order chi connectivity index (χ0) is 20.8. The Kier molecular flexibility index (Phi) is 4.75. The number of hydrogen-bond donors (Lipinski definition) is 1. The summed E-state index contributed by atoms with van der Waals surface area (Å²) in [6.07, 6.45) is 0. The molecule has 0 unspecified atom stereocenters. The van der Waals surface area contributed by atoms with Crippen molar-refractivity contribution >= 4 is 40.6 Å². The van der Waals surface area contributed by atoms with Gasteiger partial charge in [0.1, 0.15) is 11.0 Å². The highest BCUT2D eigenvalue weighted by molar-refractivity contribution is 8.00. The van der Waals surface area contributed by atoms with E-state index in [9.17, 15) is 14.4 Å². The van der Waals surface area contributed by atoms with E-state index < -0.39 is 11.2 Å². The lowest BCUT2D eigenvalue weighted by Crippen LogP contribution is -2.32. The Labute approximate surface area is 180 Å². The highest BCUT2D eigenvalue weighted by Gasteiger charge is 2.56. The number of ether oxygens (including phenoxy) is 1. The van der Waals surface area contributed by atoms with Crippen LogP contribution in [0.1, 0.15) is 23.3 Å². The molecule has 0 bridgehead atoms. The zero-order valence-corrected chi connectivity index (χ0v) is 17.7. The van der Waals surface area contributed by atoms with Crippen LogP contribution in [-0.4, -0.2) is 28.7 Å². The number of imide groups is 1. The molecule has 1 aromatic heterocycles. The third-order valence-corrected chi connectivity index (χ3v) is 7.79. The van der Waals surface area contributed by atoms with E-state index in [0.29, 0.717) is 23.1 Å². The largest absolute Gasteiger partial charge is 0.494 e. The smallest absolute Gasteiger partial charge is 0.305 e. The lowest BCUT2D eigenvalue weighted by molar-refractivity contribution is -0.122. The van der Waals surface area contributed by atoms with Crippen LogP contribution in [-0.2, 0) is 9.59 Å². The number of aromatic nitrogens is 1. The molecule has 8 heteroatoms. The lowest BCUT2D eigenvalue weighted by atomic mass is 9.83. The molecular weight excluding hydrogens is 420 g/mol. The van der Waals surface area contributed by atoms with E-state index in [4.69, 9.17) is 4.74 Å². The summed E-state index contributed by atoms with van der Waals surface area (Å²) < 4.78 is 5.46. The highest BCUT2D eigenvalue weighted by Crippen LogP contribution is 2.53. The zero-order valence-electron chi connectivity index (χ0n) is 16.0. The molecule has 0 spiro atoms. The van der Waals surface area contributed by atoms with Gasteiger partial charge in [-0.2, -0.15) is 0 Å². The van der Waals surface area contributed by atoms with Crippen LogP contribution in [0, 0.1) is 5.92 Å². The number of carbonyl (C=O) groups excluding carboxylic acids is 2. The van der Waals surface area contributed by atoms with E-state index in [2.05, 4.69) is 4.98 Å². The quantitative estimate of drug-likeness (QED) is 0.630. The monoisotopic (exact) mass is 438 g/mol. The van der Waals surface area contributed by atoms with E-state index in [-0.39, 0.29) is 22.6 Å². The fourth-order valence-electron chi connectivity index (χ4n) is 4.15. The summed E-state index contributed by atoms with van der Waals surface area (Å²) in [5, 5.41) is 0.113. The van der Waals surface area contributed by atoms with Crippen molar-refractivity contribution in [2.24, 2.45) is 5.92 Å². The average molecular weight is 439 g/mol. The molecule has 2 amide bonds. The first-order chi connectivity index (χ1) is 14.6. The van der Waals surface area contributed by atoms with Gasteiger partial charge in [-0.1, -0.05) is 53.4 Å². The standard InChI is InChI=1S/C22H18N2O4S2/c1-2-28-14-10-8-13(9-11-14)24-20(25)16-15(12-6-4-3-5-7-12)17-19(23-22(27)30-17)29-18(16)21(24)26/h3-11,15-16,18H,2H2,1H3,(H,23,27)/t15-,16-,18+/m0/s1. The van der Waals surface area contributed by atoms with Gasteiger partial charge in [-0.3, -0.25) is 14.4 Å². The summed E-state index contributed by atoms with van der Waals surface area (Å²) in [6.45, 7) is 2.44. The number of H-pyrrole nitrogens is 1. The fraction of sp³-hybridized carbons (Fsp3) is 0.227. The van der Waals surface area contributed by atoms with Crippen LogP contribution in [0.2, 0.25) is 0 Å². The molecule has 3 atom stereocenters. The molecule has 3 aromatic rings. The number of fused-ring (bicyclic) bond motifs is 2. The van der Waals surface area contributed by atoms with Crippen molar-refractivity contribution in [3.63, 3.8) is 0 Å². The van der Waals surface area contributed by atoms with E-state index in [0.717, 1.165) is 21.8 Å². The summed E-state index contributed by atoms with van der Waals surface area (Å²) in [7, 11) is 0. The molecule has 1 N–H and O–H groups in total. The number of nitrogens with zero attached hydrogens (tertiary/aromatic N) is 1. The van der Waals surface area contributed by atoms with E-state index in [1.54, 1.807) is 24.3 Å². The minimum absolute atomic E-state index is 0.170. The minimum Gasteiger partial charge on any atom is -0.494 e. The second-order valence-corrected chi connectivity index (χ2v) is 9.27. The second kappa shape index (κ2) is 7.45. The van der Waals surface area contributed by atoms with Gasteiger partial charge in [-0.25, -0.2) is 4.90 Å². The highest BCUT2D eigenvalue weighted by atomic mass is 32.2. The Balaban J connectivity index is 1.58. The molecule has 2 aliphatic rings. The number of thioether (sulfide) groups is 1. The fourth-order valence-corrected chi connectivity index (χ4v) is 6.66. The molecule has 1 saturated heterocycles. The van der Waals surface area contributed by atoms with Crippen LogP contribution in [0.15, 0.2) is 64.4 Å².